The number of carbonyl (C=O) groups is 2. The lowest BCUT2D eigenvalue weighted by Gasteiger charge is -2.17. The molecule has 1 unspecified atom stereocenters. The van der Waals surface area contributed by atoms with Crippen LogP contribution < -0.4 is 5.32 Å². The van der Waals surface area contributed by atoms with Crippen molar-refractivity contribution in [3.8, 4) is 0 Å². The van der Waals surface area contributed by atoms with E-state index < -0.39 is 0 Å². The first-order chi connectivity index (χ1) is 16.5. The Morgan fingerprint density at radius 2 is 1.82 bits per heavy atom. The van der Waals surface area contributed by atoms with Crippen LogP contribution in [0.25, 0.3) is 0 Å². The lowest BCUT2D eigenvalue weighted by atomic mass is 10.1. The Morgan fingerprint density at radius 3 is 2.56 bits per heavy atom. The summed E-state index contributed by atoms with van der Waals surface area (Å²) in [5.41, 5.74) is 2.70. The number of amides is 2. The lowest BCUT2D eigenvalue weighted by molar-refractivity contribution is -0.128. The van der Waals surface area contributed by atoms with E-state index in [1.165, 1.54) is 24.3 Å². The van der Waals surface area contributed by atoms with Crippen LogP contribution in [0.5, 0.6) is 0 Å². The molecule has 176 valence electrons. The molecule has 1 aliphatic carbocycles. The fourth-order valence-electron chi connectivity index (χ4n) is 4.44. The summed E-state index contributed by atoms with van der Waals surface area (Å²) in [6, 6.07) is 12.4. The average molecular weight is 466 g/mol. The molecule has 3 aromatic rings. The number of nitrogens with one attached hydrogen (secondary N) is 1. The van der Waals surface area contributed by atoms with Crippen LogP contribution in [0.2, 0.25) is 0 Å². The van der Waals surface area contributed by atoms with Gasteiger partial charge in [0.25, 0.3) is 5.91 Å². The molecule has 0 bridgehead atoms. The van der Waals surface area contributed by atoms with Gasteiger partial charge in [-0.25, -0.2) is 13.5 Å². The van der Waals surface area contributed by atoms with E-state index in [0.717, 1.165) is 29.7 Å². The molecule has 1 N–H and O–H groups in total. The molecule has 7 nitrogen and oxygen atoms in total. The summed E-state index contributed by atoms with van der Waals surface area (Å²) >= 11 is 0. The summed E-state index contributed by atoms with van der Waals surface area (Å²) in [4.78, 5) is 27.1. The zero-order valence-corrected chi connectivity index (χ0v) is 18.6. The van der Waals surface area contributed by atoms with E-state index in [-0.39, 0.29) is 35.3 Å². The third kappa shape index (κ3) is 4.98. The van der Waals surface area contributed by atoms with Gasteiger partial charge in [0.1, 0.15) is 11.6 Å². The number of benzene rings is 2. The van der Waals surface area contributed by atoms with Gasteiger partial charge in [-0.2, -0.15) is 0 Å². The molecule has 1 atom stereocenters. The first-order valence-corrected chi connectivity index (χ1v) is 11.4. The highest BCUT2D eigenvalue weighted by Gasteiger charge is 2.35. The van der Waals surface area contributed by atoms with Gasteiger partial charge < -0.3 is 10.2 Å². The molecule has 1 saturated carbocycles. The molecule has 0 spiro atoms. The monoisotopic (exact) mass is 465 g/mol. The van der Waals surface area contributed by atoms with Crippen molar-refractivity contribution in [2.75, 3.05) is 13.1 Å². The molecule has 1 aromatic heterocycles. The Labute approximate surface area is 195 Å². The van der Waals surface area contributed by atoms with Gasteiger partial charge in [-0.1, -0.05) is 29.5 Å². The Morgan fingerprint density at radius 1 is 1.03 bits per heavy atom. The molecule has 2 aliphatic rings. The molecule has 2 fully saturated rings. The third-order valence-electron chi connectivity index (χ3n) is 6.31. The summed E-state index contributed by atoms with van der Waals surface area (Å²) in [7, 11) is 0. The molecule has 2 heterocycles. The van der Waals surface area contributed by atoms with Crippen molar-refractivity contribution in [3.63, 3.8) is 0 Å². The smallest absolute Gasteiger partial charge is 0.273 e. The summed E-state index contributed by atoms with van der Waals surface area (Å²) in [6.45, 7) is 1.65. The van der Waals surface area contributed by atoms with Crippen LogP contribution in [-0.4, -0.2) is 44.8 Å². The van der Waals surface area contributed by atoms with Crippen LogP contribution >= 0.6 is 0 Å². The predicted molar refractivity (Wildman–Crippen MR) is 120 cm³/mol. The fraction of sp³-hybridized carbons (Fsp3) is 0.360. The molecule has 2 aromatic carbocycles. The summed E-state index contributed by atoms with van der Waals surface area (Å²) < 4.78 is 28.4. The van der Waals surface area contributed by atoms with Crippen molar-refractivity contribution in [3.05, 3.63) is 82.7 Å². The molecule has 9 heteroatoms. The van der Waals surface area contributed by atoms with E-state index >= 15 is 0 Å². The number of aromatic nitrogens is 3. The second kappa shape index (κ2) is 9.32. The number of halogens is 2. The first kappa shape index (κ1) is 22.2. The Kier molecular flexibility index (Phi) is 6.08. The summed E-state index contributed by atoms with van der Waals surface area (Å²) in [5.74, 6) is -0.703. The molecule has 1 saturated heterocycles. The SMILES string of the molecule is O=C(NCC1CC(=O)N(Cc2ccc(F)cc2)C1)c1nnn(Cc2cccc(F)c2)c1C1CC1. The van der Waals surface area contributed by atoms with Gasteiger partial charge in [-0.3, -0.25) is 9.59 Å². The van der Waals surface area contributed by atoms with Crippen molar-refractivity contribution < 1.29 is 18.4 Å². The molecule has 34 heavy (non-hydrogen) atoms. The standard InChI is InChI=1S/C25H25F2N5O2/c26-20-8-4-16(5-9-20)13-31-14-18(11-22(31)33)12-28-25(34)23-24(19-6-7-19)32(30-29-23)15-17-2-1-3-21(27)10-17/h1-5,8-10,18-19H,6-7,11-15H2,(H,28,34). The molecule has 1 aliphatic heterocycles. The Bertz CT molecular complexity index is 1210. The van der Waals surface area contributed by atoms with E-state index in [4.69, 9.17) is 0 Å². The summed E-state index contributed by atoms with van der Waals surface area (Å²) in [6.07, 6.45) is 2.28. The maximum absolute atomic E-state index is 13.6. The molecule has 5 rings (SSSR count). The highest BCUT2D eigenvalue weighted by atomic mass is 19.1. The average Bonchev–Trinajstić information content (AvgIpc) is 3.48. The molecule has 0 radical (unpaired) electrons. The van der Waals surface area contributed by atoms with E-state index in [1.54, 1.807) is 27.8 Å². The van der Waals surface area contributed by atoms with Crippen molar-refractivity contribution in [1.82, 2.24) is 25.2 Å². The van der Waals surface area contributed by atoms with Crippen LogP contribution in [0, 0.1) is 17.6 Å². The van der Waals surface area contributed by atoms with Gasteiger partial charge in [-0.15, -0.1) is 5.10 Å². The van der Waals surface area contributed by atoms with E-state index in [2.05, 4.69) is 15.6 Å². The quantitative estimate of drug-likeness (QED) is 0.554. The Balaban J connectivity index is 1.21. The van der Waals surface area contributed by atoms with Crippen LogP contribution in [0.3, 0.4) is 0 Å². The number of carbonyl (C=O) groups excluding carboxylic acids is 2. The molecule has 2 amide bonds. The second-order valence-corrected chi connectivity index (χ2v) is 9.07. The minimum absolute atomic E-state index is 0.0105. The maximum Gasteiger partial charge on any atom is 0.273 e. The van der Waals surface area contributed by atoms with Gasteiger partial charge >= 0.3 is 0 Å². The van der Waals surface area contributed by atoms with Crippen LogP contribution in [0.4, 0.5) is 8.78 Å². The van der Waals surface area contributed by atoms with Crippen molar-refractivity contribution in [2.45, 2.75) is 38.3 Å². The van der Waals surface area contributed by atoms with E-state index in [0.29, 0.717) is 38.3 Å². The minimum Gasteiger partial charge on any atom is -0.350 e. The third-order valence-corrected chi connectivity index (χ3v) is 6.31. The van der Waals surface area contributed by atoms with Crippen molar-refractivity contribution >= 4 is 11.8 Å². The number of nitrogens with zero attached hydrogens (tertiary/aromatic N) is 4. The predicted octanol–water partition coefficient (Wildman–Crippen LogP) is 3.26. The van der Waals surface area contributed by atoms with Gasteiger partial charge in [0.05, 0.1) is 12.2 Å². The largest absolute Gasteiger partial charge is 0.350 e. The van der Waals surface area contributed by atoms with Gasteiger partial charge in [0, 0.05) is 37.9 Å². The number of hydrogen-bond donors (Lipinski definition) is 1. The van der Waals surface area contributed by atoms with Gasteiger partial charge in [-0.05, 0) is 48.2 Å². The minimum atomic E-state index is -0.317. The normalized spacial score (nSPS) is 17.9. The molecular formula is C25H25F2N5O2. The lowest BCUT2D eigenvalue weighted by Crippen LogP contribution is -2.32. The zero-order valence-electron chi connectivity index (χ0n) is 18.6. The second-order valence-electron chi connectivity index (χ2n) is 9.07. The van der Waals surface area contributed by atoms with E-state index in [9.17, 15) is 18.4 Å². The van der Waals surface area contributed by atoms with Crippen LogP contribution in [0.1, 0.15) is 52.5 Å². The van der Waals surface area contributed by atoms with E-state index in [1.807, 2.05) is 6.07 Å². The topological polar surface area (TPSA) is 80.1 Å². The number of hydrogen-bond acceptors (Lipinski definition) is 4. The van der Waals surface area contributed by atoms with Crippen LogP contribution in [-0.2, 0) is 17.9 Å². The van der Waals surface area contributed by atoms with Gasteiger partial charge in [0.15, 0.2) is 5.69 Å². The Hall–Kier alpha value is -3.62. The van der Waals surface area contributed by atoms with Crippen LogP contribution in [0.15, 0.2) is 48.5 Å². The van der Waals surface area contributed by atoms with Crippen molar-refractivity contribution in [2.24, 2.45) is 5.92 Å². The zero-order chi connectivity index (χ0) is 23.7. The maximum atomic E-state index is 13.6. The van der Waals surface area contributed by atoms with Gasteiger partial charge in [0.2, 0.25) is 5.91 Å². The summed E-state index contributed by atoms with van der Waals surface area (Å²) in [5, 5.41) is 11.2. The number of likely N-dealkylation sites (tertiary alicyclic amines) is 1. The highest BCUT2D eigenvalue weighted by Crippen LogP contribution is 2.41. The highest BCUT2D eigenvalue weighted by molar-refractivity contribution is 5.93. The fourth-order valence-corrected chi connectivity index (χ4v) is 4.44. The van der Waals surface area contributed by atoms with Crippen molar-refractivity contribution in [1.29, 1.82) is 0 Å². The number of rotatable bonds is 8. The molecular weight excluding hydrogens is 440 g/mol. The first-order valence-electron chi connectivity index (χ1n) is 11.4.